The molecule has 0 aliphatic carbocycles. The number of carbonyl (C=O) groups is 1. The van der Waals surface area contributed by atoms with Crippen LogP contribution in [0.4, 0.5) is 0 Å². The lowest BCUT2D eigenvalue weighted by atomic mass is 9.92. The van der Waals surface area contributed by atoms with E-state index in [2.05, 4.69) is 49.5 Å². The molecule has 9 N–H and O–H groups in total. The molecule has 12 nitrogen and oxygen atoms in total. The molecule has 0 saturated carbocycles. The Hall–Kier alpha value is -4.04. The summed E-state index contributed by atoms with van der Waals surface area (Å²) in [7, 11) is 1.83. The second-order valence-corrected chi connectivity index (χ2v) is 15.7. The van der Waals surface area contributed by atoms with Crippen molar-refractivity contribution >= 4 is 11.9 Å². The number of hydrogen-bond donors (Lipinski definition) is 8. The maximum atomic E-state index is 12.4. The molecule has 9 atom stereocenters. The summed E-state index contributed by atoms with van der Waals surface area (Å²) in [5.74, 6) is 0.513. The number of rotatable bonds is 26. The number of nitrogens with zero attached hydrogens (tertiary/aromatic N) is 1. The lowest BCUT2D eigenvalue weighted by Gasteiger charge is -2.41. The smallest absolute Gasteiger partial charge is 0.251 e. The van der Waals surface area contributed by atoms with Gasteiger partial charge in [0.15, 0.2) is 12.2 Å². The van der Waals surface area contributed by atoms with Crippen LogP contribution in [0.25, 0.3) is 0 Å². The monoisotopic (exact) mass is 825 g/mol. The largest absolute Gasteiger partial charge is 0.511 e. The van der Waals surface area contributed by atoms with E-state index in [1.807, 2.05) is 70.4 Å². The third-order valence-corrected chi connectivity index (χ3v) is 10.1. The summed E-state index contributed by atoms with van der Waals surface area (Å²) < 4.78 is 12.0. The Kier molecular flexibility index (Phi) is 27.0. The van der Waals surface area contributed by atoms with Crippen LogP contribution in [0, 0.1) is 23.2 Å². The van der Waals surface area contributed by atoms with Crippen LogP contribution in [0.3, 0.4) is 0 Å². The summed E-state index contributed by atoms with van der Waals surface area (Å²) in [5, 5.41) is 61.3. The number of ether oxygens (including phenoxy) is 2. The van der Waals surface area contributed by atoms with E-state index in [0.29, 0.717) is 23.6 Å². The van der Waals surface area contributed by atoms with Crippen LogP contribution in [0.5, 0.6) is 0 Å². The van der Waals surface area contributed by atoms with Crippen molar-refractivity contribution in [1.29, 1.82) is 5.41 Å². The van der Waals surface area contributed by atoms with Gasteiger partial charge in [0.25, 0.3) is 5.91 Å². The number of carbonyl (C=O) groups excluding carboxylic acids is 1. The van der Waals surface area contributed by atoms with Crippen molar-refractivity contribution in [2.24, 2.45) is 23.5 Å². The van der Waals surface area contributed by atoms with Gasteiger partial charge in [0.05, 0.1) is 18.4 Å². The molecule has 1 saturated heterocycles. The zero-order chi connectivity index (χ0) is 44.3. The first kappa shape index (κ1) is 53.0. The number of aliphatic hydroxyl groups excluding tert-OH is 5. The molecule has 0 aromatic heterocycles. The standard InChI is InChI=1S/C47H76N4O8/c1-9-24-39(53)38(7)50-45(57)36(5)29-22-14-12-10-11-13-21-28-35(4)44(59-46-43(56)42(55)41(54)40(32-52)58-46)37(6)31-34(3)27-20-17-19-26-33(2)25-18-15-16-23-30-51(8)47(48)49/h10-15,18-19,21-22,26,28-29,31,33-35,40-44,46,52-56H,9,16-17,20,23-25,27,30,32H2,1-8H3,(H3,48,49)(H,50,57)/b12-10+,13-11+,18-15+,22-14+,26-19+,28-21+,36-29+,37-31+,39-38-. The van der Waals surface area contributed by atoms with Crippen molar-refractivity contribution in [3.8, 4) is 0 Å². The highest BCUT2D eigenvalue weighted by molar-refractivity contribution is 5.94. The van der Waals surface area contributed by atoms with Crippen molar-refractivity contribution in [3.63, 3.8) is 0 Å². The Morgan fingerprint density at radius 3 is 2.19 bits per heavy atom. The van der Waals surface area contributed by atoms with Crippen LogP contribution >= 0.6 is 0 Å². The minimum Gasteiger partial charge on any atom is -0.511 e. The summed E-state index contributed by atoms with van der Waals surface area (Å²) in [6.07, 6.45) is 27.5. The molecule has 1 fully saturated rings. The Labute approximate surface area is 354 Å². The van der Waals surface area contributed by atoms with E-state index in [1.165, 1.54) is 0 Å². The first-order valence-electron chi connectivity index (χ1n) is 21.1. The molecule has 59 heavy (non-hydrogen) atoms. The molecule has 1 rings (SSSR count). The number of nitrogens with one attached hydrogen (secondary N) is 2. The van der Waals surface area contributed by atoms with Crippen LogP contribution in [-0.2, 0) is 14.3 Å². The molecule has 12 heteroatoms. The molecule has 0 aromatic rings. The van der Waals surface area contributed by atoms with Crippen molar-refractivity contribution in [1.82, 2.24) is 10.2 Å². The molecule has 0 aromatic carbocycles. The lowest BCUT2D eigenvalue weighted by molar-refractivity contribution is -0.310. The first-order chi connectivity index (χ1) is 28.0. The average molecular weight is 825 g/mol. The minimum atomic E-state index is -1.54. The Morgan fingerprint density at radius 1 is 0.898 bits per heavy atom. The van der Waals surface area contributed by atoms with Gasteiger partial charge in [-0.05, 0) is 83.1 Å². The number of allylic oxidation sites excluding steroid dienone is 15. The number of unbranched alkanes of at least 4 members (excludes halogenated alkanes) is 2. The maximum Gasteiger partial charge on any atom is 0.251 e. The Balaban J connectivity index is 2.87. The summed E-state index contributed by atoms with van der Waals surface area (Å²) in [6, 6.07) is 0. The van der Waals surface area contributed by atoms with Gasteiger partial charge in [0.2, 0.25) is 0 Å². The van der Waals surface area contributed by atoms with Gasteiger partial charge < -0.3 is 51.0 Å². The predicted molar refractivity (Wildman–Crippen MR) is 239 cm³/mol. The van der Waals surface area contributed by atoms with Gasteiger partial charge in [0.1, 0.15) is 30.2 Å². The SMILES string of the molecule is CCC/C(O)=C(\C)NC(=O)/C(C)=C/C=C/C=C/C=C/C=C/C(C)C(OC1OC(CO)C(O)C(O)C1O)/C(C)=C/C(C)CCC/C=C/C(C)C/C=C/CCCN(C)C(=N)N. The normalized spacial score (nSPS) is 23.5. The van der Waals surface area contributed by atoms with Crippen LogP contribution in [0.15, 0.2) is 108 Å². The van der Waals surface area contributed by atoms with Gasteiger partial charge in [0, 0.05) is 31.5 Å². The molecule has 0 radical (unpaired) electrons. The second kappa shape index (κ2) is 30.1. The van der Waals surface area contributed by atoms with Crippen LogP contribution in [-0.4, -0.2) is 99.3 Å². The zero-order valence-corrected chi connectivity index (χ0v) is 36.8. The van der Waals surface area contributed by atoms with E-state index >= 15 is 0 Å². The summed E-state index contributed by atoms with van der Waals surface area (Å²) in [5.41, 5.74) is 7.38. The van der Waals surface area contributed by atoms with E-state index < -0.39 is 43.4 Å². The topological polar surface area (TPSA) is 202 Å². The highest BCUT2D eigenvalue weighted by Crippen LogP contribution is 2.28. The quantitative estimate of drug-likeness (QED) is 0.00840. The minimum absolute atomic E-state index is 0.0947. The van der Waals surface area contributed by atoms with E-state index in [4.69, 9.17) is 20.6 Å². The first-order valence-corrected chi connectivity index (χ1v) is 21.1. The number of amides is 1. The summed E-state index contributed by atoms with van der Waals surface area (Å²) >= 11 is 0. The van der Waals surface area contributed by atoms with Crippen molar-refractivity contribution < 1.29 is 39.8 Å². The van der Waals surface area contributed by atoms with E-state index in [1.54, 1.807) is 30.9 Å². The number of aliphatic hydroxyl groups is 5. The fraction of sp³-hybridized carbons (Fsp3) is 0.574. The van der Waals surface area contributed by atoms with Crippen molar-refractivity contribution in [2.45, 2.75) is 137 Å². The van der Waals surface area contributed by atoms with Gasteiger partial charge in [-0.1, -0.05) is 113 Å². The molecule has 1 aliphatic rings. The average Bonchev–Trinajstić information content (AvgIpc) is 3.19. The van der Waals surface area contributed by atoms with Crippen molar-refractivity contribution in [2.75, 3.05) is 20.2 Å². The van der Waals surface area contributed by atoms with Gasteiger partial charge in [-0.2, -0.15) is 0 Å². The fourth-order valence-electron chi connectivity index (χ4n) is 6.26. The van der Waals surface area contributed by atoms with Crippen LogP contribution < -0.4 is 11.1 Å². The molecule has 9 unspecified atom stereocenters. The molecular formula is C47H76N4O8. The predicted octanol–water partition coefficient (Wildman–Crippen LogP) is 7.18. The fourth-order valence-corrected chi connectivity index (χ4v) is 6.26. The van der Waals surface area contributed by atoms with E-state index in [-0.39, 0.29) is 29.5 Å². The molecule has 0 bridgehead atoms. The third kappa shape index (κ3) is 21.7. The van der Waals surface area contributed by atoms with E-state index in [0.717, 1.165) is 57.1 Å². The van der Waals surface area contributed by atoms with Crippen molar-refractivity contribution in [3.05, 3.63) is 108 Å². The Morgan fingerprint density at radius 2 is 1.54 bits per heavy atom. The third-order valence-electron chi connectivity index (χ3n) is 10.1. The van der Waals surface area contributed by atoms with Crippen LogP contribution in [0.2, 0.25) is 0 Å². The number of hydrogen-bond acceptors (Lipinski definition) is 9. The molecular weight excluding hydrogens is 749 g/mol. The number of nitrogens with two attached hydrogens (primary N) is 1. The van der Waals surface area contributed by atoms with Gasteiger partial charge in [-0.3, -0.25) is 10.2 Å². The zero-order valence-electron chi connectivity index (χ0n) is 36.8. The number of guanidine groups is 1. The highest BCUT2D eigenvalue weighted by atomic mass is 16.7. The van der Waals surface area contributed by atoms with Gasteiger partial charge in [-0.15, -0.1) is 0 Å². The second-order valence-electron chi connectivity index (χ2n) is 15.7. The molecule has 0 spiro atoms. The van der Waals surface area contributed by atoms with Gasteiger partial charge in [-0.25, -0.2) is 0 Å². The Bertz CT molecular complexity index is 1520. The molecule has 1 amide bonds. The molecule has 1 heterocycles. The van der Waals surface area contributed by atoms with Crippen LogP contribution in [0.1, 0.15) is 99.8 Å². The molecule has 1 aliphatic heterocycles. The molecule has 332 valence electrons. The van der Waals surface area contributed by atoms with Gasteiger partial charge >= 0.3 is 0 Å². The highest BCUT2D eigenvalue weighted by Gasteiger charge is 2.45. The van der Waals surface area contributed by atoms with E-state index in [9.17, 15) is 30.3 Å². The lowest BCUT2D eigenvalue weighted by Crippen LogP contribution is -2.60. The summed E-state index contributed by atoms with van der Waals surface area (Å²) in [6.45, 7) is 13.9. The summed E-state index contributed by atoms with van der Waals surface area (Å²) in [4.78, 5) is 14.1. The maximum absolute atomic E-state index is 12.4.